The Balaban J connectivity index is 1.50. The number of rotatable bonds is 6. The van der Waals surface area contributed by atoms with Crippen molar-refractivity contribution >= 4 is 22.9 Å². The Morgan fingerprint density at radius 2 is 2.12 bits per heavy atom. The molecule has 3 rings (SSSR count). The number of hydrogen-bond acceptors (Lipinski definition) is 6. The summed E-state index contributed by atoms with van der Waals surface area (Å²) in [5.41, 5.74) is 1.55. The van der Waals surface area contributed by atoms with Gasteiger partial charge < -0.3 is 20.1 Å². The molecule has 8 heteroatoms. The first-order chi connectivity index (χ1) is 11.6. The topological polar surface area (TPSA) is 90.0 Å². The van der Waals surface area contributed by atoms with Gasteiger partial charge in [-0.25, -0.2) is 15.0 Å². The van der Waals surface area contributed by atoms with Crippen LogP contribution in [-0.2, 0) is 4.79 Å². The van der Waals surface area contributed by atoms with Crippen molar-refractivity contribution in [2.45, 2.75) is 19.3 Å². The zero-order valence-electron chi connectivity index (χ0n) is 14.3. The van der Waals surface area contributed by atoms with Crippen LogP contribution < -0.4 is 10.2 Å². The number of fused-ring (bicyclic) bond motifs is 1. The fraction of sp³-hybridized carbons (Fsp3) is 0.625. The van der Waals surface area contributed by atoms with Crippen molar-refractivity contribution in [3.63, 3.8) is 0 Å². The fourth-order valence-electron chi connectivity index (χ4n) is 3.10. The number of nitrogens with one attached hydrogen (secondary N) is 2. The molecule has 0 aliphatic carbocycles. The summed E-state index contributed by atoms with van der Waals surface area (Å²) in [6.45, 7) is 3.38. The summed E-state index contributed by atoms with van der Waals surface area (Å²) in [5.74, 6) is 1.16. The van der Waals surface area contributed by atoms with Gasteiger partial charge in [0.25, 0.3) is 0 Å². The molecule has 0 aromatic carbocycles. The van der Waals surface area contributed by atoms with Gasteiger partial charge in [-0.15, -0.1) is 0 Å². The van der Waals surface area contributed by atoms with E-state index in [1.165, 1.54) is 0 Å². The summed E-state index contributed by atoms with van der Waals surface area (Å²) in [4.78, 5) is 32.4. The van der Waals surface area contributed by atoms with E-state index in [0.29, 0.717) is 5.65 Å². The van der Waals surface area contributed by atoms with E-state index >= 15 is 0 Å². The number of aromatic nitrogens is 4. The van der Waals surface area contributed by atoms with Crippen molar-refractivity contribution < 1.29 is 4.79 Å². The molecule has 0 unspecified atom stereocenters. The van der Waals surface area contributed by atoms with Gasteiger partial charge in [0.05, 0.1) is 6.33 Å². The molecule has 2 aromatic heterocycles. The van der Waals surface area contributed by atoms with Crippen LogP contribution in [0.1, 0.15) is 19.3 Å². The van der Waals surface area contributed by atoms with Crippen molar-refractivity contribution in [3.05, 3.63) is 12.7 Å². The minimum absolute atomic E-state index is 0.0969. The molecule has 0 bridgehead atoms. The van der Waals surface area contributed by atoms with Gasteiger partial charge in [0, 0.05) is 25.6 Å². The zero-order chi connectivity index (χ0) is 16.9. The third-order valence-electron chi connectivity index (χ3n) is 4.45. The normalized spacial score (nSPS) is 16.0. The minimum atomic E-state index is 0.0969. The van der Waals surface area contributed by atoms with Gasteiger partial charge in [0.2, 0.25) is 5.91 Å². The second kappa shape index (κ2) is 7.57. The first-order valence-corrected chi connectivity index (χ1v) is 8.46. The summed E-state index contributed by atoms with van der Waals surface area (Å²) in [6.07, 6.45) is 5.85. The summed E-state index contributed by atoms with van der Waals surface area (Å²) in [5, 5.41) is 3.06. The lowest BCUT2D eigenvalue weighted by Gasteiger charge is -2.32. The maximum absolute atomic E-state index is 12.3. The molecule has 0 radical (unpaired) electrons. The summed E-state index contributed by atoms with van der Waals surface area (Å²) >= 11 is 0. The van der Waals surface area contributed by atoms with Crippen LogP contribution in [0.15, 0.2) is 12.7 Å². The molecule has 1 amide bonds. The van der Waals surface area contributed by atoms with Crippen molar-refractivity contribution in [2.24, 2.45) is 5.92 Å². The fourth-order valence-corrected chi connectivity index (χ4v) is 3.10. The third kappa shape index (κ3) is 3.81. The molecule has 0 atom stereocenters. The summed E-state index contributed by atoms with van der Waals surface area (Å²) in [6, 6.07) is 0. The Hall–Kier alpha value is -2.22. The van der Waals surface area contributed by atoms with Gasteiger partial charge in [-0.3, -0.25) is 4.79 Å². The molecule has 24 heavy (non-hydrogen) atoms. The molecule has 1 aliphatic heterocycles. The number of anilines is 1. The molecular weight excluding hydrogens is 306 g/mol. The monoisotopic (exact) mass is 331 g/mol. The van der Waals surface area contributed by atoms with E-state index in [9.17, 15) is 4.79 Å². The molecule has 1 aliphatic rings. The first-order valence-electron chi connectivity index (χ1n) is 8.46. The SMILES string of the molecule is CN(C)CCCNC(=O)C1CCN(c2ncnc3nc[nH]c23)CC1. The third-order valence-corrected chi connectivity index (χ3v) is 4.45. The van der Waals surface area contributed by atoms with Gasteiger partial charge in [-0.2, -0.15) is 0 Å². The molecule has 0 spiro atoms. The van der Waals surface area contributed by atoms with Crippen LogP contribution >= 0.6 is 0 Å². The van der Waals surface area contributed by atoms with Crippen molar-refractivity contribution in [2.75, 3.05) is 45.2 Å². The molecule has 3 heterocycles. The van der Waals surface area contributed by atoms with Crippen molar-refractivity contribution in [1.29, 1.82) is 0 Å². The van der Waals surface area contributed by atoms with Crippen LogP contribution in [0.25, 0.3) is 11.2 Å². The van der Waals surface area contributed by atoms with Crippen molar-refractivity contribution in [3.8, 4) is 0 Å². The molecule has 2 aromatic rings. The molecule has 1 fully saturated rings. The largest absolute Gasteiger partial charge is 0.356 e. The number of hydrogen-bond donors (Lipinski definition) is 2. The van der Waals surface area contributed by atoms with E-state index in [1.807, 2.05) is 14.1 Å². The van der Waals surface area contributed by atoms with Crippen LogP contribution in [0.4, 0.5) is 5.82 Å². The molecule has 8 nitrogen and oxygen atoms in total. The number of nitrogens with zero attached hydrogens (tertiary/aromatic N) is 5. The summed E-state index contributed by atoms with van der Waals surface area (Å²) in [7, 11) is 4.09. The first kappa shape index (κ1) is 16.6. The van der Waals surface area contributed by atoms with Crippen LogP contribution in [0.2, 0.25) is 0 Å². The minimum Gasteiger partial charge on any atom is -0.356 e. The number of carbonyl (C=O) groups is 1. The summed E-state index contributed by atoms with van der Waals surface area (Å²) < 4.78 is 0. The number of H-pyrrole nitrogens is 1. The molecule has 2 N–H and O–H groups in total. The predicted octanol–water partition coefficient (Wildman–Crippen LogP) is 0.637. The van der Waals surface area contributed by atoms with E-state index in [4.69, 9.17) is 0 Å². The Bertz CT molecular complexity index is 676. The maximum Gasteiger partial charge on any atom is 0.223 e. The van der Waals surface area contributed by atoms with E-state index in [-0.39, 0.29) is 11.8 Å². The second-order valence-electron chi connectivity index (χ2n) is 6.51. The van der Waals surface area contributed by atoms with E-state index < -0.39 is 0 Å². The van der Waals surface area contributed by atoms with Gasteiger partial charge in [0.1, 0.15) is 11.8 Å². The highest BCUT2D eigenvalue weighted by Crippen LogP contribution is 2.25. The van der Waals surface area contributed by atoms with Crippen molar-refractivity contribution in [1.82, 2.24) is 30.2 Å². The van der Waals surface area contributed by atoms with Gasteiger partial charge in [-0.05, 0) is 39.9 Å². The van der Waals surface area contributed by atoms with E-state index in [1.54, 1.807) is 12.7 Å². The number of piperidine rings is 1. The maximum atomic E-state index is 12.3. The standard InChI is InChI=1S/C16H25N7O/c1-22(2)7-3-6-17-16(24)12-4-8-23(9-5-12)15-13-14(19-10-18-13)20-11-21-15/h10-12H,3-9H2,1-2H3,(H,17,24)(H,18,19,20,21). The number of aromatic amines is 1. The average molecular weight is 331 g/mol. The van der Waals surface area contributed by atoms with Gasteiger partial charge >= 0.3 is 0 Å². The molecule has 130 valence electrons. The van der Waals surface area contributed by atoms with E-state index in [0.717, 1.165) is 56.8 Å². The lowest BCUT2D eigenvalue weighted by atomic mass is 9.96. The highest BCUT2D eigenvalue weighted by molar-refractivity contribution is 5.83. The molecular formula is C16H25N7O. The average Bonchev–Trinajstić information content (AvgIpc) is 3.07. The quantitative estimate of drug-likeness (QED) is 0.755. The highest BCUT2D eigenvalue weighted by Gasteiger charge is 2.26. The van der Waals surface area contributed by atoms with E-state index in [2.05, 4.69) is 35.1 Å². The lowest BCUT2D eigenvalue weighted by Crippen LogP contribution is -2.41. The highest BCUT2D eigenvalue weighted by atomic mass is 16.1. The Morgan fingerprint density at radius 3 is 2.88 bits per heavy atom. The van der Waals surface area contributed by atoms with Crippen LogP contribution in [0.3, 0.4) is 0 Å². The van der Waals surface area contributed by atoms with Gasteiger partial charge in [0.15, 0.2) is 11.5 Å². The lowest BCUT2D eigenvalue weighted by molar-refractivity contribution is -0.125. The molecule has 0 saturated carbocycles. The Kier molecular flexibility index (Phi) is 5.24. The molecule has 1 saturated heterocycles. The zero-order valence-corrected chi connectivity index (χ0v) is 14.3. The Labute approximate surface area is 141 Å². The van der Waals surface area contributed by atoms with Gasteiger partial charge in [-0.1, -0.05) is 0 Å². The van der Waals surface area contributed by atoms with Crippen LogP contribution in [0, 0.1) is 5.92 Å². The van der Waals surface area contributed by atoms with Crippen LogP contribution in [0.5, 0.6) is 0 Å². The second-order valence-corrected chi connectivity index (χ2v) is 6.51. The smallest absolute Gasteiger partial charge is 0.223 e. The predicted molar refractivity (Wildman–Crippen MR) is 92.8 cm³/mol. The number of imidazole rings is 1. The number of amides is 1. The Morgan fingerprint density at radius 1 is 1.33 bits per heavy atom. The number of carbonyl (C=O) groups excluding carboxylic acids is 1. The van der Waals surface area contributed by atoms with Crippen LogP contribution in [-0.4, -0.2) is 71.0 Å².